The van der Waals surface area contributed by atoms with E-state index in [0.29, 0.717) is 0 Å². The van der Waals surface area contributed by atoms with Gasteiger partial charge in [0.15, 0.2) is 0 Å². The largest absolute Gasteiger partial charge is 0.368 e. The second kappa shape index (κ2) is 10.5. The molecule has 36 heavy (non-hydrogen) atoms. The van der Waals surface area contributed by atoms with Gasteiger partial charge in [0.2, 0.25) is 0 Å². The highest BCUT2D eigenvalue weighted by Crippen LogP contribution is 2.31. The fraction of sp³-hybridized carbons (Fsp3) is 0.484. The third-order valence-electron chi connectivity index (χ3n) is 7.74. The molecule has 2 aromatic carbocycles. The summed E-state index contributed by atoms with van der Waals surface area (Å²) in [6, 6.07) is 18.5. The van der Waals surface area contributed by atoms with Crippen LogP contribution in [0.3, 0.4) is 0 Å². The number of rotatable bonds is 5. The van der Waals surface area contributed by atoms with Crippen molar-refractivity contribution in [2.75, 3.05) is 31.1 Å². The number of amides is 1. The van der Waals surface area contributed by atoms with Gasteiger partial charge in [-0.2, -0.15) is 0 Å². The molecule has 1 saturated carbocycles. The maximum Gasteiger partial charge on any atom is 0.253 e. The van der Waals surface area contributed by atoms with Crippen LogP contribution in [0.2, 0.25) is 0 Å². The van der Waals surface area contributed by atoms with Gasteiger partial charge in [-0.25, -0.2) is 4.98 Å². The number of hydrogen-bond donors (Lipinski definition) is 0. The Hall–Kier alpha value is -3.08. The van der Waals surface area contributed by atoms with Crippen molar-refractivity contribution in [1.29, 1.82) is 0 Å². The highest BCUT2D eigenvalue weighted by molar-refractivity contribution is 5.94. The summed E-state index contributed by atoms with van der Waals surface area (Å²) < 4.78 is 2.40. The Labute approximate surface area is 216 Å². The fourth-order valence-electron chi connectivity index (χ4n) is 5.71. The summed E-state index contributed by atoms with van der Waals surface area (Å²) in [5.74, 6) is 2.02. The molecule has 5 nitrogen and oxygen atoms in total. The number of carbonyl (C=O) groups excluding carboxylic acids is 1. The van der Waals surface area contributed by atoms with E-state index in [0.717, 1.165) is 61.3 Å². The van der Waals surface area contributed by atoms with Crippen LogP contribution in [0, 0.1) is 5.92 Å². The molecule has 1 aliphatic heterocycles. The Morgan fingerprint density at radius 1 is 0.889 bits per heavy atom. The number of carbonyl (C=O) groups is 1. The van der Waals surface area contributed by atoms with Crippen LogP contribution in [0.1, 0.15) is 69.1 Å². The Balaban J connectivity index is 1.27. The molecule has 1 aromatic heterocycles. The number of para-hydroxylation sites is 1. The maximum atomic E-state index is 13.2. The molecule has 0 radical (unpaired) electrons. The number of aromatic nitrogens is 2. The van der Waals surface area contributed by atoms with Crippen LogP contribution >= 0.6 is 0 Å². The molecule has 1 amide bonds. The predicted octanol–water partition coefficient (Wildman–Crippen LogP) is 6.39. The lowest BCUT2D eigenvalue weighted by Gasteiger charge is -2.36. The van der Waals surface area contributed by atoms with Crippen LogP contribution in [0.5, 0.6) is 0 Å². The van der Waals surface area contributed by atoms with Crippen LogP contribution in [0.25, 0.3) is 11.3 Å². The van der Waals surface area contributed by atoms with Gasteiger partial charge >= 0.3 is 0 Å². The molecule has 0 N–H and O–H groups in total. The van der Waals surface area contributed by atoms with Gasteiger partial charge in [-0.15, -0.1) is 0 Å². The van der Waals surface area contributed by atoms with E-state index in [2.05, 4.69) is 72.8 Å². The molecule has 5 rings (SSSR count). The van der Waals surface area contributed by atoms with Crippen LogP contribution in [-0.2, 0) is 12.0 Å². The molecule has 0 spiro atoms. The van der Waals surface area contributed by atoms with E-state index >= 15 is 0 Å². The lowest BCUT2D eigenvalue weighted by Crippen LogP contribution is -2.48. The van der Waals surface area contributed by atoms with Gasteiger partial charge in [0.05, 0.1) is 5.69 Å². The predicted molar refractivity (Wildman–Crippen MR) is 147 cm³/mol. The second-order valence-corrected chi connectivity index (χ2v) is 11.5. The first-order valence-corrected chi connectivity index (χ1v) is 13.7. The highest BCUT2D eigenvalue weighted by Gasteiger charge is 2.25. The number of benzene rings is 2. The van der Waals surface area contributed by atoms with Gasteiger partial charge in [-0.3, -0.25) is 4.79 Å². The zero-order chi connectivity index (χ0) is 25.1. The van der Waals surface area contributed by atoms with E-state index < -0.39 is 0 Å². The molecular weight excluding hydrogens is 444 g/mol. The molecule has 0 atom stereocenters. The monoisotopic (exact) mass is 484 g/mol. The maximum absolute atomic E-state index is 13.2. The van der Waals surface area contributed by atoms with Crippen molar-refractivity contribution >= 4 is 11.6 Å². The van der Waals surface area contributed by atoms with Crippen LogP contribution < -0.4 is 4.90 Å². The molecule has 1 saturated heterocycles. The quantitative estimate of drug-likeness (QED) is 0.421. The third kappa shape index (κ3) is 5.50. The third-order valence-corrected chi connectivity index (χ3v) is 7.74. The average molecular weight is 485 g/mol. The lowest BCUT2D eigenvalue weighted by atomic mass is 9.88. The van der Waals surface area contributed by atoms with Gasteiger partial charge in [0, 0.05) is 61.1 Å². The summed E-state index contributed by atoms with van der Waals surface area (Å²) >= 11 is 0. The standard InChI is InChI=1S/C31H40N4O/c1-31(2,3)30-32-28(23-35(30)22-24-10-6-4-7-11-24)25-14-16-26(17-15-25)29(36)34-20-18-33(19-21-34)27-12-8-5-9-13-27/h5,8-9,12-17,23-24H,4,6-7,10-11,18-22H2,1-3H3. The zero-order valence-corrected chi connectivity index (χ0v) is 22.1. The van der Waals surface area contributed by atoms with Gasteiger partial charge in [-0.05, 0) is 43.0 Å². The summed E-state index contributed by atoms with van der Waals surface area (Å²) in [5.41, 5.74) is 4.06. The van der Waals surface area contributed by atoms with Gasteiger partial charge < -0.3 is 14.4 Å². The molecule has 0 bridgehead atoms. The van der Waals surface area contributed by atoms with Crippen molar-refractivity contribution in [1.82, 2.24) is 14.5 Å². The van der Waals surface area contributed by atoms with Crippen molar-refractivity contribution in [3.63, 3.8) is 0 Å². The highest BCUT2D eigenvalue weighted by atomic mass is 16.2. The average Bonchev–Trinajstić information content (AvgIpc) is 3.34. The molecule has 2 aliphatic rings. The van der Waals surface area contributed by atoms with E-state index in [1.54, 1.807) is 0 Å². The normalized spacial score (nSPS) is 17.4. The van der Waals surface area contributed by atoms with Crippen molar-refractivity contribution in [3.8, 4) is 11.3 Å². The Kier molecular flexibility index (Phi) is 7.17. The van der Waals surface area contributed by atoms with Crippen LogP contribution in [0.4, 0.5) is 5.69 Å². The first-order valence-electron chi connectivity index (χ1n) is 13.7. The van der Waals surface area contributed by atoms with Crippen molar-refractivity contribution in [2.45, 2.75) is 64.8 Å². The van der Waals surface area contributed by atoms with E-state index in [9.17, 15) is 4.79 Å². The molecule has 3 aromatic rings. The number of piperazine rings is 1. The van der Waals surface area contributed by atoms with Crippen molar-refractivity contribution < 1.29 is 4.79 Å². The fourth-order valence-corrected chi connectivity index (χ4v) is 5.71. The number of hydrogen-bond acceptors (Lipinski definition) is 3. The van der Waals surface area contributed by atoms with Gasteiger partial charge in [-0.1, -0.05) is 70.4 Å². The molecule has 2 heterocycles. The summed E-state index contributed by atoms with van der Waals surface area (Å²) in [6.07, 6.45) is 8.98. The minimum atomic E-state index is -0.00921. The SMILES string of the molecule is CC(C)(C)c1nc(-c2ccc(C(=O)N3CCN(c4ccccc4)CC3)cc2)cn1CC1CCCCC1. The Morgan fingerprint density at radius 2 is 1.56 bits per heavy atom. The van der Waals surface area contributed by atoms with E-state index in [-0.39, 0.29) is 11.3 Å². The topological polar surface area (TPSA) is 41.4 Å². The van der Waals surface area contributed by atoms with E-state index in [4.69, 9.17) is 4.98 Å². The number of nitrogens with zero attached hydrogens (tertiary/aromatic N) is 4. The number of imidazole rings is 1. The summed E-state index contributed by atoms with van der Waals surface area (Å²) in [6.45, 7) is 11.0. The Morgan fingerprint density at radius 3 is 2.19 bits per heavy atom. The first kappa shape index (κ1) is 24.6. The van der Waals surface area contributed by atoms with Crippen LogP contribution in [0.15, 0.2) is 60.8 Å². The van der Waals surface area contributed by atoms with E-state index in [1.807, 2.05) is 23.1 Å². The van der Waals surface area contributed by atoms with Gasteiger partial charge in [0.1, 0.15) is 5.82 Å². The summed E-state index contributed by atoms with van der Waals surface area (Å²) in [7, 11) is 0. The minimum Gasteiger partial charge on any atom is -0.368 e. The summed E-state index contributed by atoms with van der Waals surface area (Å²) in [4.78, 5) is 22.6. The first-order chi connectivity index (χ1) is 17.4. The zero-order valence-electron chi connectivity index (χ0n) is 22.1. The molecule has 0 unspecified atom stereocenters. The van der Waals surface area contributed by atoms with Crippen molar-refractivity contribution in [3.05, 3.63) is 72.2 Å². The second-order valence-electron chi connectivity index (χ2n) is 11.5. The lowest BCUT2D eigenvalue weighted by molar-refractivity contribution is 0.0747. The van der Waals surface area contributed by atoms with Crippen molar-refractivity contribution in [2.24, 2.45) is 5.92 Å². The van der Waals surface area contributed by atoms with E-state index in [1.165, 1.54) is 37.8 Å². The molecule has 190 valence electrons. The van der Waals surface area contributed by atoms with Crippen LogP contribution in [-0.4, -0.2) is 46.5 Å². The number of anilines is 1. The molecular formula is C31H40N4O. The molecule has 5 heteroatoms. The smallest absolute Gasteiger partial charge is 0.253 e. The molecule has 2 fully saturated rings. The molecule has 1 aliphatic carbocycles. The summed E-state index contributed by atoms with van der Waals surface area (Å²) in [5, 5.41) is 0. The van der Waals surface area contributed by atoms with Gasteiger partial charge in [0.25, 0.3) is 5.91 Å². The Bertz CT molecular complexity index is 1150. The minimum absolute atomic E-state index is 0.00921.